The summed E-state index contributed by atoms with van der Waals surface area (Å²) in [6.45, 7) is 1.29. The summed E-state index contributed by atoms with van der Waals surface area (Å²) in [6.07, 6.45) is -10.6. The number of nitrogens with zero attached hydrogens (tertiary/aromatic N) is 1. The van der Waals surface area contributed by atoms with Gasteiger partial charge in [-0.1, -0.05) is 6.92 Å². The van der Waals surface area contributed by atoms with Gasteiger partial charge in [0.15, 0.2) is 0 Å². The molecule has 1 amide bonds. The molecule has 0 heterocycles. The standard InChI is InChI=1S/C15H12F6N2O3/c1-7(2-3-22)11(13(25)26)23-12(24)8-4-9(14(16,17)18)6-10(5-8)15(19,20)21/h4-7,11H,2H2,1H3,(H,23,24)(H,25,26)/t7-,11-/m1/s1. The molecule has 142 valence electrons. The number of carboxylic acids is 1. The normalized spacial score (nSPS) is 14.2. The number of carboxylic acid groups (broad SMARTS) is 1. The molecule has 5 nitrogen and oxygen atoms in total. The van der Waals surface area contributed by atoms with Crippen LogP contribution in [-0.2, 0) is 17.1 Å². The summed E-state index contributed by atoms with van der Waals surface area (Å²) in [7, 11) is 0. The number of amides is 1. The van der Waals surface area contributed by atoms with Crippen molar-refractivity contribution in [1.82, 2.24) is 5.32 Å². The molecule has 0 fully saturated rings. The van der Waals surface area contributed by atoms with Crippen molar-refractivity contribution >= 4 is 11.9 Å². The number of carbonyl (C=O) groups is 2. The molecular formula is C15H12F6N2O3. The number of nitriles is 1. The highest BCUT2D eigenvalue weighted by molar-refractivity contribution is 5.97. The lowest BCUT2D eigenvalue weighted by Gasteiger charge is -2.20. The van der Waals surface area contributed by atoms with E-state index in [0.717, 1.165) is 0 Å². The van der Waals surface area contributed by atoms with E-state index < -0.39 is 52.9 Å². The van der Waals surface area contributed by atoms with Gasteiger partial charge in [0.2, 0.25) is 0 Å². The highest BCUT2D eigenvalue weighted by Gasteiger charge is 2.38. The average Bonchev–Trinajstić information content (AvgIpc) is 2.50. The van der Waals surface area contributed by atoms with Crippen LogP contribution in [0.1, 0.15) is 34.8 Å². The minimum absolute atomic E-state index is 0.149. The monoisotopic (exact) mass is 382 g/mol. The molecule has 0 bridgehead atoms. The summed E-state index contributed by atoms with van der Waals surface area (Å²) in [4.78, 5) is 23.2. The first-order chi connectivity index (χ1) is 11.8. The Kier molecular flexibility index (Phi) is 6.25. The third-order valence-corrected chi connectivity index (χ3v) is 3.38. The zero-order valence-electron chi connectivity index (χ0n) is 13.1. The van der Waals surface area contributed by atoms with E-state index >= 15 is 0 Å². The predicted octanol–water partition coefficient (Wildman–Crippen LogP) is 3.46. The third-order valence-electron chi connectivity index (χ3n) is 3.38. The maximum Gasteiger partial charge on any atom is 0.416 e. The van der Waals surface area contributed by atoms with Crippen LogP contribution in [-0.4, -0.2) is 23.0 Å². The fourth-order valence-electron chi connectivity index (χ4n) is 2.02. The maximum atomic E-state index is 12.8. The van der Waals surface area contributed by atoms with Crippen molar-refractivity contribution in [3.63, 3.8) is 0 Å². The molecular weight excluding hydrogens is 370 g/mol. The number of halogens is 6. The number of carbonyl (C=O) groups excluding carboxylic acids is 1. The van der Waals surface area contributed by atoms with E-state index in [0.29, 0.717) is 0 Å². The zero-order chi connectivity index (χ0) is 20.3. The Morgan fingerprint density at radius 1 is 1.12 bits per heavy atom. The third kappa shape index (κ3) is 5.37. The topological polar surface area (TPSA) is 90.2 Å². The van der Waals surface area contributed by atoms with Crippen LogP contribution in [0.2, 0.25) is 0 Å². The van der Waals surface area contributed by atoms with Gasteiger partial charge in [0.1, 0.15) is 6.04 Å². The van der Waals surface area contributed by atoms with Crippen molar-refractivity contribution in [3.8, 4) is 6.07 Å². The molecule has 0 aliphatic heterocycles. The smallest absolute Gasteiger partial charge is 0.416 e. The summed E-state index contributed by atoms with van der Waals surface area (Å²) in [6, 6.07) is 0.237. The van der Waals surface area contributed by atoms with E-state index in [-0.39, 0.29) is 24.6 Å². The summed E-state index contributed by atoms with van der Waals surface area (Å²) in [5.74, 6) is -3.93. The SMILES string of the molecule is C[C@H](CC#N)[C@@H](NC(=O)c1cc(C(F)(F)F)cc(C(F)(F)F)c1)C(=O)O. The Morgan fingerprint density at radius 2 is 1.58 bits per heavy atom. The van der Waals surface area contributed by atoms with Crippen LogP contribution >= 0.6 is 0 Å². The van der Waals surface area contributed by atoms with Crippen LogP contribution in [0.3, 0.4) is 0 Å². The van der Waals surface area contributed by atoms with E-state index in [1.54, 1.807) is 6.07 Å². The van der Waals surface area contributed by atoms with Crippen molar-refractivity contribution in [2.24, 2.45) is 5.92 Å². The molecule has 11 heteroatoms. The van der Waals surface area contributed by atoms with Crippen molar-refractivity contribution in [3.05, 3.63) is 34.9 Å². The predicted molar refractivity (Wildman–Crippen MR) is 74.7 cm³/mol. The second-order valence-electron chi connectivity index (χ2n) is 5.42. The number of hydrogen-bond acceptors (Lipinski definition) is 3. The van der Waals surface area contributed by atoms with E-state index in [2.05, 4.69) is 0 Å². The van der Waals surface area contributed by atoms with Crippen LogP contribution in [0.4, 0.5) is 26.3 Å². The van der Waals surface area contributed by atoms with E-state index in [1.165, 1.54) is 6.92 Å². The number of benzene rings is 1. The maximum absolute atomic E-state index is 12.8. The molecule has 0 saturated carbocycles. The van der Waals surface area contributed by atoms with Gasteiger partial charge >= 0.3 is 18.3 Å². The summed E-state index contributed by atoms with van der Waals surface area (Å²) in [5, 5.41) is 19.5. The lowest BCUT2D eigenvalue weighted by molar-refractivity contribution is -0.143. The minimum atomic E-state index is -5.14. The average molecular weight is 382 g/mol. The van der Waals surface area contributed by atoms with Crippen molar-refractivity contribution < 1.29 is 41.0 Å². The first-order valence-electron chi connectivity index (χ1n) is 6.97. The second-order valence-corrected chi connectivity index (χ2v) is 5.42. The fraction of sp³-hybridized carbons (Fsp3) is 0.400. The molecule has 2 atom stereocenters. The van der Waals surface area contributed by atoms with Gasteiger partial charge in [-0.05, 0) is 18.2 Å². The van der Waals surface area contributed by atoms with Crippen LogP contribution in [0.15, 0.2) is 18.2 Å². The molecule has 0 radical (unpaired) electrons. The molecule has 26 heavy (non-hydrogen) atoms. The lowest BCUT2D eigenvalue weighted by atomic mass is 9.98. The van der Waals surface area contributed by atoms with Crippen molar-refractivity contribution in [2.75, 3.05) is 0 Å². The highest BCUT2D eigenvalue weighted by Crippen LogP contribution is 2.36. The number of alkyl halides is 6. The number of rotatable bonds is 5. The van der Waals surface area contributed by atoms with Gasteiger partial charge in [-0.25, -0.2) is 4.79 Å². The zero-order valence-corrected chi connectivity index (χ0v) is 13.1. The van der Waals surface area contributed by atoms with Gasteiger partial charge < -0.3 is 10.4 Å². The van der Waals surface area contributed by atoms with Crippen molar-refractivity contribution in [1.29, 1.82) is 5.26 Å². The molecule has 1 rings (SSSR count). The van der Waals surface area contributed by atoms with Gasteiger partial charge in [-0.2, -0.15) is 31.6 Å². The summed E-state index contributed by atoms with van der Waals surface area (Å²) < 4.78 is 76.7. The Labute approximate surface area is 143 Å². The van der Waals surface area contributed by atoms with Crippen LogP contribution in [0, 0.1) is 17.2 Å². The molecule has 2 N–H and O–H groups in total. The van der Waals surface area contributed by atoms with E-state index in [9.17, 15) is 35.9 Å². The Hall–Kier alpha value is -2.77. The minimum Gasteiger partial charge on any atom is -0.480 e. The molecule has 0 aromatic heterocycles. The van der Waals surface area contributed by atoms with Gasteiger partial charge in [0.25, 0.3) is 5.91 Å². The summed E-state index contributed by atoms with van der Waals surface area (Å²) in [5.41, 5.74) is -4.40. The molecule has 0 unspecified atom stereocenters. The Morgan fingerprint density at radius 3 is 1.92 bits per heavy atom. The first kappa shape index (κ1) is 21.3. The molecule has 0 aliphatic rings. The Balaban J connectivity index is 3.30. The molecule has 1 aromatic carbocycles. The van der Waals surface area contributed by atoms with Crippen LogP contribution < -0.4 is 5.32 Å². The largest absolute Gasteiger partial charge is 0.480 e. The van der Waals surface area contributed by atoms with Gasteiger partial charge in [0.05, 0.1) is 17.2 Å². The number of aliphatic carboxylic acids is 1. The van der Waals surface area contributed by atoms with E-state index in [1.807, 2.05) is 5.32 Å². The van der Waals surface area contributed by atoms with Gasteiger partial charge in [0, 0.05) is 17.9 Å². The fourth-order valence-corrected chi connectivity index (χ4v) is 2.02. The summed E-state index contributed by atoms with van der Waals surface area (Å²) >= 11 is 0. The number of nitrogens with one attached hydrogen (secondary N) is 1. The Bertz CT molecular complexity index is 704. The van der Waals surface area contributed by atoms with Crippen molar-refractivity contribution in [2.45, 2.75) is 31.7 Å². The molecule has 0 saturated heterocycles. The van der Waals surface area contributed by atoms with Crippen LogP contribution in [0.25, 0.3) is 0 Å². The molecule has 1 aromatic rings. The molecule has 0 spiro atoms. The van der Waals surface area contributed by atoms with E-state index in [4.69, 9.17) is 10.4 Å². The quantitative estimate of drug-likeness (QED) is 0.764. The molecule has 0 aliphatic carbocycles. The van der Waals surface area contributed by atoms with Gasteiger partial charge in [-0.15, -0.1) is 0 Å². The number of hydrogen-bond donors (Lipinski definition) is 2. The van der Waals surface area contributed by atoms with Gasteiger partial charge in [-0.3, -0.25) is 4.79 Å². The second kappa shape index (κ2) is 7.63. The lowest BCUT2D eigenvalue weighted by Crippen LogP contribution is -2.45. The van der Waals surface area contributed by atoms with Crippen LogP contribution in [0.5, 0.6) is 0 Å². The highest BCUT2D eigenvalue weighted by atomic mass is 19.4. The first-order valence-corrected chi connectivity index (χ1v) is 6.97.